The molecule has 5 heteroatoms. The van der Waals surface area contributed by atoms with Crippen molar-refractivity contribution in [2.45, 2.75) is 13.1 Å². The summed E-state index contributed by atoms with van der Waals surface area (Å²) in [6.07, 6.45) is 0. The molecule has 0 bridgehead atoms. The van der Waals surface area contributed by atoms with Crippen LogP contribution < -0.4 is 5.73 Å². The predicted molar refractivity (Wildman–Crippen MR) is 62.4 cm³/mol. The lowest BCUT2D eigenvalue weighted by Gasteiger charge is -2.04. The van der Waals surface area contributed by atoms with Gasteiger partial charge in [0.25, 0.3) is 0 Å². The van der Waals surface area contributed by atoms with Gasteiger partial charge in [0, 0.05) is 11.0 Å². The molecule has 2 aromatic rings. The van der Waals surface area contributed by atoms with Gasteiger partial charge in [0.2, 0.25) is 0 Å². The van der Waals surface area contributed by atoms with E-state index < -0.39 is 0 Å². The lowest BCUT2D eigenvalue weighted by molar-refractivity contribution is 0.276. The number of imidazole rings is 1. The number of aliphatic hydroxyl groups excluding tert-OH is 1. The van der Waals surface area contributed by atoms with Gasteiger partial charge in [0.05, 0.1) is 24.2 Å². The van der Waals surface area contributed by atoms with Crippen LogP contribution in [0.4, 0.5) is 0 Å². The van der Waals surface area contributed by atoms with Crippen LogP contribution in [-0.4, -0.2) is 21.3 Å². The molecule has 0 aliphatic heterocycles. The van der Waals surface area contributed by atoms with Gasteiger partial charge in [-0.25, -0.2) is 4.98 Å². The smallest absolute Gasteiger partial charge is 0.123 e. The third kappa shape index (κ3) is 1.90. The number of aliphatic hydroxyl groups is 1. The summed E-state index contributed by atoms with van der Waals surface area (Å²) < 4.78 is 2.94. The van der Waals surface area contributed by atoms with Gasteiger partial charge in [-0.2, -0.15) is 0 Å². The van der Waals surface area contributed by atoms with Gasteiger partial charge >= 0.3 is 0 Å². The Morgan fingerprint density at radius 2 is 2.27 bits per heavy atom. The zero-order valence-electron chi connectivity index (χ0n) is 8.15. The monoisotopic (exact) mass is 269 g/mol. The van der Waals surface area contributed by atoms with Gasteiger partial charge in [0.15, 0.2) is 0 Å². The first-order valence-electron chi connectivity index (χ1n) is 4.72. The second kappa shape index (κ2) is 4.30. The van der Waals surface area contributed by atoms with Crippen LogP contribution in [0.1, 0.15) is 5.82 Å². The topological polar surface area (TPSA) is 64.1 Å². The van der Waals surface area contributed by atoms with Gasteiger partial charge in [-0.3, -0.25) is 0 Å². The Labute approximate surface area is 95.8 Å². The van der Waals surface area contributed by atoms with E-state index >= 15 is 0 Å². The maximum absolute atomic E-state index is 8.97. The molecule has 1 heterocycles. The number of hydrogen-bond donors (Lipinski definition) is 2. The number of nitrogens with two attached hydrogens (primary N) is 1. The van der Waals surface area contributed by atoms with Crippen molar-refractivity contribution in [1.29, 1.82) is 0 Å². The molecule has 4 nitrogen and oxygen atoms in total. The SMILES string of the molecule is NCc1nc2cc(Br)ccc2n1CCO. The minimum atomic E-state index is 0.0918. The van der Waals surface area contributed by atoms with Crippen LogP contribution in [-0.2, 0) is 13.1 Å². The molecule has 0 aliphatic rings. The molecule has 0 saturated heterocycles. The van der Waals surface area contributed by atoms with Crippen molar-refractivity contribution in [3.8, 4) is 0 Å². The van der Waals surface area contributed by atoms with Crippen LogP contribution in [0.15, 0.2) is 22.7 Å². The van der Waals surface area contributed by atoms with Crippen molar-refractivity contribution >= 4 is 27.0 Å². The van der Waals surface area contributed by atoms with Gasteiger partial charge in [-0.1, -0.05) is 15.9 Å². The highest BCUT2D eigenvalue weighted by Gasteiger charge is 2.08. The first kappa shape index (κ1) is 10.6. The Hall–Kier alpha value is -0.910. The molecule has 80 valence electrons. The van der Waals surface area contributed by atoms with E-state index in [1.54, 1.807) is 0 Å². The molecule has 0 atom stereocenters. The number of benzene rings is 1. The Morgan fingerprint density at radius 1 is 1.47 bits per heavy atom. The molecule has 0 amide bonds. The van der Waals surface area contributed by atoms with E-state index in [0.717, 1.165) is 21.3 Å². The van der Waals surface area contributed by atoms with Crippen LogP contribution in [0.3, 0.4) is 0 Å². The predicted octanol–water partition coefficient (Wildman–Crippen LogP) is 1.25. The fourth-order valence-electron chi connectivity index (χ4n) is 1.66. The lowest BCUT2D eigenvalue weighted by atomic mass is 10.3. The minimum absolute atomic E-state index is 0.0918. The minimum Gasteiger partial charge on any atom is -0.395 e. The molecule has 0 unspecified atom stereocenters. The summed E-state index contributed by atoms with van der Waals surface area (Å²) in [5.41, 5.74) is 7.51. The van der Waals surface area contributed by atoms with Gasteiger partial charge in [-0.15, -0.1) is 0 Å². The molecule has 1 aromatic carbocycles. The zero-order valence-corrected chi connectivity index (χ0v) is 9.74. The normalized spacial score (nSPS) is 11.1. The highest BCUT2D eigenvalue weighted by atomic mass is 79.9. The highest BCUT2D eigenvalue weighted by molar-refractivity contribution is 9.10. The van der Waals surface area contributed by atoms with Crippen LogP contribution in [0.5, 0.6) is 0 Å². The quantitative estimate of drug-likeness (QED) is 0.882. The second-order valence-electron chi connectivity index (χ2n) is 3.24. The van der Waals surface area contributed by atoms with E-state index in [2.05, 4.69) is 20.9 Å². The average molecular weight is 270 g/mol. The van der Waals surface area contributed by atoms with Crippen molar-refractivity contribution in [1.82, 2.24) is 9.55 Å². The van der Waals surface area contributed by atoms with E-state index in [9.17, 15) is 0 Å². The summed E-state index contributed by atoms with van der Waals surface area (Å²) >= 11 is 3.40. The third-order valence-electron chi connectivity index (χ3n) is 2.30. The second-order valence-corrected chi connectivity index (χ2v) is 4.16. The fourth-order valence-corrected chi connectivity index (χ4v) is 2.01. The van der Waals surface area contributed by atoms with Crippen molar-refractivity contribution in [2.24, 2.45) is 5.73 Å². The van der Waals surface area contributed by atoms with Crippen LogP contribution in [0.25, 0.3) is 11.0 Å². The van der Waals surface area contributed by atoms with E-state index in [1.807, 2.05) is 22.8 Å². The summed E-state index contributed by atoms with van der Waals surface area (Å²) in [6, 6.07) is 5.88. The van der Waals surface area contributed by atoms with E-state index in [1.165, 1.54) is 0 Å². The largest absolute Gasteiger partial charge is 0.395 e. The summed E-state index contributed by atoms with van der Waals surface area (Å²) in [4.78, 5) is 4.41. The Balaban J connectivity index is 2.63. The van der Waals surface area contributed by atoms with E-state index in [4.69, 9.17) is 10.8 Å². The maximum Gasteiger partial charge on any atom is 0.123 e. The molecule has 15 heavy (non-hydrogen) atoms. The van der Waals surface area contributed by atoms with Crippen molar-refractivity contribution in [3.05, 3.63) is 28.5 Å². The van der Waals surface area contributed by atoms with Gasteiger partial charge < -0.3 is 15.4 Å². The highest BCUT2D eigenvalue weighted by Crippen LogP contribution is 2.20. The first-order valence-corrected chi connectivity index (χ1v) is 5.51. The number of rotatable bonds is 3. The van der Waals surface area contributed by atoms with Crippen molar-refractivity contribution in [3.63, 3.8) is 0 Å². The number of hydrogen-bond acceptors (Lipinski definition) is 3. The number of fused-ring (bicyclic) bond motifs is 1. The fraction of sp³-hybridized carbons (Fsp3) is 0.300. The molecular formula is C10H12BrN3O. The summed E-state index contributed by atoms with van der Waals surface area (Å²) in [6.45, 7) is 1.01. The van der Waals surface area contributed by atoms with Crippen LogP contribution in [0.2, 0.25) is 0 Å². The molecule has 2 rings (SSSR count). The standard InChI is InChI=1S/C10H12BrN3O/c11-7-1-2-9-8(5-7)13-10(6-12)14(9)3-4-15/h1-2,5,15H,3-4,6,12H2. The van der Waals surface area contributed by atoms with Gasteiger partial charge in [0.1, 0.15) is 5.82 Å². The van der Waals surface area contributed by atoms with Gasteiger partial charge in [-0.05, 0) is 18.2 Å². The molecule has 0 saturated carbocycles. The summed E-state index contributed by atoms with van der Waals surface area (Å²) in [5.74, 6) is 0.803. The summed E-state index contributed by atoms with van der Waals surface area (Å²) in [7, 11) is 0. The molecule has 3 N–H and O–H groups in total. The van der Waals surface area contributed by atoms with Crippen LogP contribution in [0, 0.1) is 0 Å². The number of halogens is 1. The average Bonchev–Trinajstić information content (AvgIpc) is 2.56. The Morgan fingerprint density at radius 3 is 2.93 bits per heavy atom. The molecular weight excluding hydrogens is 258 g/mol. The number of aromatic nitrogens is 2. The maximum atomic E-state index is 8.97. The summed E-state index contributed by atoms with van der Waals surface area (Å²) in [5, 5.41) is 8.97. The third-order valence-corrected chi connectivity index (χ3v) is 2.79. The van der Waals surface area contributed by atoms with Crippen LogP contribution >= 0.6 is 15.9 Å². The van der Waals surface area contributed by atoms with Crippen molar-refractivity contribution < 1.29 is 5.11 Å². The number of nitrogens with zero attached hydrogens (tertiary/aromatic N) is 2. The molecule has 0 fully saturated rings. The van der Waals surface area contributed by atoms with Crippen molar-refractivity contribution in [2.75, 3.05) is 6.61 Å². The van der Waals surface area contributed by atoms with E-state index in [0.29, 0.717) is 13.1 Å². The molecule has 0 spiro atoms. The Bertz CT molecular complexity index is 481. The molecule has 1 aromatic heterocycles. The first-order chi connectivity index (χ1) is 7.26. The Kier molecular flexibility index (Phi) is 3.04. The van der Waals surface area contributed by atoms with E-state index in [-0.39, 0.29) is 6.61 Å². The molecule has 0 aliphatic carbocycles. The zero-order chi connectivity index (χ0) is 10.8. The lowest BCUT2D eigenvalue weighted by Crippen LogP contribution is -2.10. The molecule has 0 radical (unpaired) electrons.